The zero-order valence-corrected chi connectivity index (χ0v) is 45.6. The fraction of sp³-hybridized carbons (Fsp3) is 0.333. The van der Waals surface area contributed by atoms with Crippen molar-refractivity contribution in [2.75, 3.05) is 0 Å². The molecule has 1 fully saturated rings. The maximum atomic E-state index is 7.00. The first-order valence-corrected chi connectivity index (χ1v) is 24.8. The van der Waals surface area contributed by atoms with Crippen LogP contribution in [-0.4, -0.2) is 9.55 Å². The molecule has 6 heteroatoms. The first kappa shape index (κ1) is 48.7. The van der Waals surface area contributed by atoms with E-state index in [9.17, 15) is 0 Å². The van der Waals surface area contributed by atoms with Crippen LogP contribution in [0.15, 0.2) is 121 Å². The van der Waals surface area contributed by atoms with E-state index in [1.807, 2.05) is 6.20 Å². The third-order valence-corrected chi connectivity index (χ3v) is 14.7. The fourth-order valence-electron chi connectivity index (χ4n) is 10.6. The number of ether oxygens (including phenoxy) is 1. The Bertz CT molecular complexity index is 3270. The molecule has 0 saturated carbocycles. The predicted octanol–water partition coefficient (Wildman–Crippen LogP) is 17.8. The topological polar surface area (TPSA) is 27.1 Å². The van der Waals surface area contributed by atoms with Crippen molar-refractivity contribution in [3.63, 3.8) is 0 Å². The molecule has 2 aliphatic rings. The molecular formula is C63H69N4OPt-. The van der Waals surface area contributed by atoms with Gasteiger partial charge < -0.3 is 9.30 Å². The number of hydrogen-bond donors (Lipinski definition) is 0. The molecule has 1 saturated heterocycles. The van der Waals surface area contributed by atoms with E-state index < -0.39 is 0 Å². The van der Waals surface area contributed by atoms with E-state index in [2.05, 4.69) is 242 Å². The van der Waals surface area contributed by atoms with Crippen LogP contribution < -0.4 is 13.9 Å². The second kappa shape index (κ2) is 16.9. The molecule has 6 aromatic carbocycles. The summed E-state index contributed by atoms with van der Waals surface area (Å²) in [5, 5.41) is 2.26. The average Bonchev–Trinajstić information content (AvgIpc) is 3.78. The molecule has 0 amide bonds. The molecular weight excluding hydrogens is 1020 g/mol. The van der Waals surface area contributed by atoms with Crippen molar-refractivity contribution in [2.45, 2.75) is 138 Å². The van der Waals surface area contributed by atoms with Gasteiger partial charge in [-0.3, -0.25) is 0 Å². The standard InChI is InChI=1S/C63H69N4O.Pt/c1-39(2)43-30-53(40(3)4)60(54(31-43)41(5)6)42-19-18-20-47(29-42)66-38-67(66,57-26-23-44(34-58(57)66)61(7,8)9)48-32-46(63(13,14)15)33-50(36-48)68-49-24-25-52-51-21-16-17-22-55(51)65(56(52)37-49)59-35-45(27-28-64-59)62(10,11)12;/h16-35,38-41H,1-15H3;/q-1;/t66-,67?;/m0./s1. The van der Waals surface area contributed by atoms with Crippen LogP contribution in [0.1, 0.15) is 155 Å². The molecule has 69 heavy (non-hydrogen) atoms. The predicted molar refractivity (Wildman–Crippen MR) is 287 cm³/mol. The van der Waals surface area contributed by atoms with Crippen LogP contribution in [-0.2, 0) is 37.3 Å². The minimum Gasteiger partial charge on any atom is -0.509 e. The average molecular weight is 1090 g/mol. The number of benzene rings is 6. The van der Waals surface area contributed by atoms with Crippen molar-refractivity contribution >= 4 is 44.6 Å². The summed E-state index contributed by atoms with van der Waals surface area (Å²) in [6.07, 6.45) is 1.92. The van der Waals surface area contributed by atoms with Crippen molar-refractivity contribution < 1.29 is 25.8 Å². The molecule has 1 unspecified atom stereocenters. The maximum Gasteiger partial charge on any atom is 0.225 e. The second-order valence-corrected chi connectivity index (χ2v) is 23.6. The van der Waals surface area contributed by atoms with Crippen molar-refractivity contribution in [1.82, 2.24) is 18.7 Å². The molecule has 0 spiro atoms. The molecule has 5 nitrogen and oxygen atoms in total. The van der Waals surface area contributed by atoms with E-state index in [-0.39, 0.29) is 37.3 Å². The van der Waals surface area contributed by atoms with E-state index in [4.69, 9.17) is 9.72 Å². The summed E-state index contributed by atoms with van der Waals surface area (Å²) in [4.78, 5) is 4.92. The normalized spacial score (nSPS) is 17.8. The van der Waals surface area contributed by atoms with Crippen LogP contribution in [0, 0.1) is 18.8 Å². The Morgan fingerprint density at radius 3 is 1.88 bits per heavy atom. The van der Waals surface area contributed by atoms with Crippen LogP contribution in [0.2, 0.25) is 0 Å². The SMILES string of the molecule is CC(C)c1cc(C(C)C)c(-c2cccc([N@+]34[CH-][N+]3(c3[c-]c(Oc5[c-]c6c(cc5)c5ccccc5n6-c5cc(C(C)(C)C)ccn5)cc(C(C)(C)C)c3)c3ccc(C(C)(C)C)cc34)c2)c(C(C)C)c1.[Pt]. The Balaban J connectivity index is 0.00000593. The summed E-state index contributed by atoms with van der Waals surface area (Å²) in [7, 11) is 0. The summed E-state index contributed by atoms with van der Waals surface area (Å²) in [5.41, 5.74) is 17.3. The van der Waals surface area contributed by atoms with Gasteiger partial charge in [0.2, 0.25) is 11.4 Å². The van der Waals surface area contributed by atoms with Gasteiger partial charge in [-0.15, -0.1) is 35.2 Å². The van der Waals surface area contributed by atoms with Gasteiger partial charge in [-0.2, -0.15) is 10.7 Å². The van der Waals surface area contributed by atoms with Crippen LogP contribution in [0.25, 0.3) is 38.8 Å². The number of hydrogen-bond acceptors (Lipinski definition) is 2. The van der Waals surface area contributed by atoms with Crippen LogP contribution in [0.3, 0.4) is 0 Å². The molecule has 2 atom stereocenters. The molecule has 0 aliphatic carbocycles. The fourth-order valence-corrected chi connectivity index (χ4v) is 10.6. The molecule has 0 radical (unpaired) electrons. The van der Waals surface area contributed by atoms with Gasteiger partial charge in [0, 0.05) is 68.5 Å². The summed E-state index contributed by atoms with van der Waals surface area (Å²) < 4.78 is 10.3. The van der Waals surface area contributed by atoms with Gasteiger partial charge in [0.05, 0.1) is 5.69 Å². The van der Waals surface area contributed by atoms with Crippen LogP contribution >= 0.6 is 0 Å². The third-order valence-electron chi connectivity index (χ3n) is 14.7. The summed E-state index contributed by atoms with van der Waals surface area (Å²) in [6.45, 7) is 37.0. The van der Waals surface area contributed by atoms with Crippen molar-refractivity contribution in [3.05, 3.63) is 174 Å². The van der Waals surface area contributed by atoms with Crippen LogP contribution in [0.5, 0.6) is 11.5 Å². The Morgan fingerprint density at radius 2 is 1.23 bits per heavy atom. The molecule has 10 rings (SSSR count). The molecule has 4 heterocycles. The van der Waals surface area contributed by atoms with Crippen molar-refractivity contribution in [1.29, 1.82) is 0 Å². The summed E-state index contributed by atoms with van der Waals surface area (Å²) in [5.74, 6) is 3.39. The van der Waals surface area contributed by atoms with E-state index >= 15 is 0 Å². The number of nitrogens with zero attached hydrogens (tertiary/aromatic N) is 4. The smallest absolute Gasteiger partial charge is 0.225 e. The third kappa shape index (κ3) is 7.92. The number of quaternary nitrogens is 2. The van der Waals surface area contributed by atoms with Gasteiger partial charge in [0.1, 0.15) is 5.82 Å². The molecule has 0 bridgehead atoms. The Morgan fingerprint density at radius 1 is 0.565 bits per heavy atom. The first-order valence-electron chi connectivity index (χ1n) is 24.8. The number of pyridine rings is 1. The largest absolute Gasteiger partial charge is 0.509 e. The Hall–Kier alpha value is -5.32. The van der Waals surface area contributed by atoms with Crippen LogP contribution in [0.4, 0.5) is 22.7 Å². The van der Waals surface area contributed by atoms with E-state index in [0.717, 1.165) is 33.3 Å². The van der Waals surface area contributed by atoms with Gasteiger partial charge >= 0.3 is 0 Å². The molecule has 2 aromatic heterocycles. The van der Waals surface area contributed by atoms with Gasteiger partial charge in [-0.1, -0.05) is 164 Å². The second-order valence-electron chi connectivity index (χ2n) is 23.6. The monoisotopic (exact) mass is 1090 g/mol. The molecule has 358 valence electrons. The minimum absolute atomic E-state index is 0. The Labute approximate surface area is 426 Å². The summed E-state index contributed by atoms with van der Waals surface area (Å²) in [6, 6.07) is 50.8. The number of aromatic nitrogens is 2. The van der Waals surface area contributed by atoms with Gasteiger partial charge in [0.25, 0.3) is 0 Å². The van der Waals surface area contributed by atoms with E-state index in [0.29, 0.717) is 38.4 Å². The zero-order chi connectivity index (χ0) is 48.5. The van der Waals surface area contributed by atoms with Crippen molar-refractivity contribution in [3.8, 4) is 28.4 Å². The van der Waals surface area contributed by atoms with Gasteiger partial charge in [-0.25, -0.2) is 9.58 Å². The first-order chi connectivity index (χ1) is 32.0. The summed E-state index contributed by atoms with van der Waals surface area (Å²) >= 11 is 0. The quantitative estimate of drug-likeness (QED) is 0.0818. The minimum atomic E-state index is -0.165. The number of fused-ring (bicyclic) bond motifs is 7. The van der Waals surface area contributed by atoms with E-state index in [1.54, 1.807) is 0 Å². The Kier molecular flexibility index (Phi) is 11.9. The van der Waals surface area contributed by atoms with Gasteiger partial charge in [-0.05, 0) is 96.5 Å². The molecule has 2 aliphatic heterocycles. The number of para-hydroxylation sites is 1. The van der Waals surface area contributed by atoms with Gasteiger partial charge in [0.15, 0.2) is 12.4 Å². The van der Waals surface area contributed by atoms with Crippen molar-refractivity contribution in [2.24, 2.45) is 0 Å². The zero-order valence-electron chi connectivity index (χ0n) is 43.4. The van der Waals surface area contributed by atoms with E-state index in [1.165, 1.54) is 61.6 Å². The molecule has 8 aromatic rings. The number of rotatable bonds is 9. The maximum absolute atomic E-state index is 7.00. The molecule has 0 N–H and O–H groups in total.